The van der Waals surface area contributed by atoms with Gasteiger partial charge in [-0.25, -0.2) is 4.79 Å². The fraction of sp³-hybridized carbons (Fsp3) is 0.467. The highest BCUT2D eigenvalue weighted by Crippen LogP contribution is 2.25. The van der Waals surface area contributed by atoms with Crippen molar-refractivity contribution in [2.24, 2.45) is 0 Å². The Morgan fingerprint density at radius 1 is 1.48 bits per heavy atom. The zero-order valence-electron chi connectivity index (χ0n) is 12.0. The topological polar surface area (TPSA) is 71.5 Å². The number of hydrogen-bond acceptors (Lipinski definition) is 4. The largest absolute Gasteiger partial charge is 0.477 e. The summed E-state index contributed by atoms with van der Waals surface area (Å²) >= 11 is 0. The van der Waals surface area contributed by atoms with Gasteiger partial charge in [-0.05, 0) is 31.9 Å². The first-order valence-electron chi connectivity index (χ1n) is 7.18. The molecule has 1 N–H and O–H groups in total. The molecule has 0 amide bonds. The van der Waals surface area contributed by atoms with E-state index in [1.807, 2.05) is 23.8 Å². The number of carboxylic acid groups (broad SMARTS) is 1. The maximum atomic E-state index is 11.2. The molecule has 1 aliphatic rings. The van der Waals surface area contributed by atoms with E-state index in [-0.39, 0.29) is 6.04 Å². The molecule has 2 aromatic rings. The summed E-state index contributed by atoms with van der Waals surface area (Å²) in [5.74, 6) is 0.0257. The smallest absolute Gasteiger partial charge is 0.352 e. The lowest BCUT2D eigenvalue weighted by atomic mass is 10.0. The fourth-order valence-electron chi connectivity index (χ4n) is 2.96. The van der Waals surface area contributed by atoms with Gasteiger partial charge in [-0.15, -0.1) is 0 Å². The van der Waals surface area contributed by atoms with Crippen molar-refractivity contribution in [3.8, 4) is 0 Å². The standard InChI is InChI=1S/C15H19N3O3/c1-11-9-13(21-16-11)10-17-7-4-12(5-8-17)18-6-2-3-14(18)15(19)20/h2-3,6,9,12H,4-5,7-8,10H2,1H3,(H,19,20). The van der Waals surface area contributed by atoms with E-state index < -0.39 is 5.97 Å². The van der Waals surface area contributed by atoms with E-state index in [4.69, 9.17) is 4.52 Å². The Morgan fingerprint density at radius 3 is 2.86 bits per heavy atom. The molecule has 3 rings (SSSR count). The number of rotatable bonds is 4. The molecule has 0 atom stereocenters. The zero-order chi connectivity index (χ0) is 14.8. The summed E-state index contributed by atoms with van der Waals surface area (Å²) in [5.41, 5.74) is 1.28. The Hall–Kier alpha value is -2.08. The lowest BCUT2D eigenvalue weighted by Crippen LogP contribution is -2.34. The van der Waals surface area contributed by atoms with Crippen LogP contribution in [0, 0.1) is 6.92 Å². The molecular weight excluding hydrogens is 270 g/mol. The highest BCUT2D eigenvalue weighted by molar-refractivity contribution is 5.85. The number of nitrogens with zero attached hydrogens (tertiary/aromatic N) is 3. The monoisotopic (exact) mass is 289 g/mol. The van der Waals surface area contributed by atoms with Crippen LogP contribution in [-0.2, 0) is 6.54 Å². The molecule has 0 aromatic carbocycles. The maximum Gasteiger partial charge on any atom is 0.352 e. The van der Waals surface area contributed by atoms with Crippen LogP contribution in [0.1, 0.15) is 40.8 Å². The van der Waals surface area contributed by atoms with E-state index in [2.05, 4.69) is 10.1 Å². The first-order valence-corrected chi connectivity index (χ1v) is 7.18. The lowest BCUT2D eigenvalue weighted by Gasteiger charge is -2.32. The molecule has 1 aliphatic heterocycles. The van der Waals surface area contributed by atoms with E-state index in [1.54, 1.807) is 12.1 Å². The Balaban J connectivity index is 1.60. The van der Waals surface area contributed by atoms with Gasteiger partial charge in [0.2, 0.25) is 0 Å². The van der Waals surface area contributed by atoms with Gasteiger partial charge in [0.15, 0.2) is 5.76 Å². The quantitative estimate of drug-likeness (QED) is 0.935. The van der Waals surface area contributed by atoms with Crippen molar-refractivity contribution in [1.82, 2.24) is 14.6 Å². The Bertz CT molecular complexity index is 624. The molecule has 0 bridgehead atoms. The lowest BCUT2D eigenvalue weighted by molar-refractivity contribution is 0.0677. The molecule has 0 saturated carbocycles. The van der Waals surface area contributed by atoms with Crippen molar-refractivity contribution in [2.45, 2.75) is 32.4 Å². The second-order valence-electron chi connectivity index (χ2n) is 5.55. The van der Waals surface area contributed by atoms with Gasteiger partial charge in [-0.1, -0.05) is 5.16 Å². The van der Waals surface area contributed by atoms with Crippen LogP contribution >= 0.6 is 0 Å². The number of carboxylic acids is 1. The normalized spacial score (nSPS) is 17.2. The van der Waals surface area contributed by atoms with Gasteiger partial charge in [0.05, 0.1) is 12.2 Å². The predicted octanol–water partition coefficient (Wildman–Crippen LogP) is 2.32. The van der Waals surface area contributed by atoms with E-state index in [0.717, 1.165) is 43.9 Å². The van der Waals surface area contributed by atoms with Crippen LogP contribution in [0.2, 0.25) is 0 Å². The third-order valence-corrected chi connectivity index (χ3v) is 4.00. The van der Waals surface area contributed by atoms with E-state index >= 15 is 0 Å². The predicted molar refractivity (Wildman–Crippen MR) is 76.2 cm³/mol. The molecule has 0 unspecified atom stereocenters. The summed E-state index contributed by atoms with van der Waals surface area (Å²) in [7, 11) is 0. The molecule has 6 heteroatoms. The number of aromatic nitrogens is 2. The van der Waals surface area contributed by atoms with Crippen LogP contribution in [-0.4, -0.2) is 38.8 Å². The molecular formula is C15H19N3O3. The third kappa shape index (κ3) is 3.00. The minimum Gasteiger partial charge on any atom is -0.477 e. The summed E-state index contributed by atoms with van der Waals surface area (Å²) in [6, 6.07) is 5.68. The average Bonchev–Trinajstić information content (AvgIpc) is 3.09. The average molecular weight is 289 g/mol. The zero-order valence-corrected chi connectivity index (χ0v) is 12.0. The van der Waals surface area contributed by atoms with Crippen molar-refractivity contribution >= 4 is 5.97 Å². The van der Waals surface area contributed by atoms with Gasteiger partial charge < -0.3 is 14.2 Å². The van der Waals surface area contributed by atoms with Crippen molar-refractivity contribution < 1.29 is 14.4 Å². The molecule has 0 radical (unpaired) electrons. The van der Waals surface area contributed by atoms with Crippen LogP contribution < -0.4 is 0 Å². The molecule has 6 nitrogen and oxygen atoms in total. The van der Waals surface area contributed by atoms with Gasteiger partial charge in [-0.3, -0.25) is 4.90 Å². The first kappa shape index (κ1) is 13.9. The maximum absolute atomic E-state index is 11.2. The molecule has 0 spiro atoms. The summed E-state index contributed by atoms with van der Waals surface area (Å²) in [5, 5.41) is 13.1. The number of hydrogen-bond donors (Lipinski definition) is 1. The van der Waals surface area contributed by atoms with E-state index in [9.17, 15) is 9.90 Å². The number of aryl methyl sites for hydroxylation is 1. The molecule has 1 fully saturated rings. The molecule has 2 aromatic heterocycles. The van der Waals surface area contributed by atoms with Crippen molar-refractivity contribution in [3.05, 3.63) is 41.5 Å². The number of likely N-dealkylation sites (tertiary alicyclic amines) is 1. The Kier molecular flexibility index (Phi) is 3.79. The van der Waals surface area contributed by atoms with Gasteiger partial charge in [0, 0.05) is 31.4 Å². The Labute approximate surface area is 123 Å². The number of piperidine rings is 1. The fourth-order valence-corrected chi connectivity index (χ4v) is 2.96. The molecule has 21 heavy (non-hydrogen) atoms. The second-order valence-corrected chi connectivity index (χ2v) is 5.55. The summed E-state index contributed by atoms with van der Waals surface area (Å²) in [6.07, 6.45) is 3.76. The molecule has 3 heterocycles. The second kappa shape index (κ2) is 5.73. The van der Waals surface area contributed by atoms with Gasteiger partial charge in [-0.2, -0.15) is 0 Å². The highest BCUT2D eigenvalue weighted by atomic mass is 16.5. The van der Waals surface area contributed by atoms with E-state index in [0.29, 0.717) is 5.69 Å². The van der Waals surface area contributed by atoms with Crippen LogP contribution in [0.15, 0.2) is 28.9 Å². The Morgan fingerprint density at radius 2 is 2.24 bits per heavy atom. The van der Waals surface area contributed by atoms with Crippen molar-refractivity contribution in [2.75, 3.05) is 13.1 Å². The van der Waals surface area contributed by atoms with Gasteiger partial charge in [0.1, 0.15) is 5.69 Å². The van der Waals surface area contributed by atoms with Gasteiger partial charge >= 0.3 is 5.97 Å². The first-order chi connectivity index (χ1) is 10.1. The summed E-state index contributed by atoms with van der Waals surface area (Å²) in [4.78, 5) is 13.5. The molecule has 1 saturated heterocycles. The van der Waals surface area contributed by atoms with Crippen LogP contribution in [0.3, 0.4) is 0 Å². The minimum atomic E-state index is -0.862. The minimum absolute atomic E-state index is 0.263. The number of carbonyl (C=O) groups is 1. The van der Waals surface area contributed by atoms with Crippen LogP contribution in [0.4, 0.5) is 0 Å². The van der Waals surface area contributed by atoms with Gasteiger partial charge in [0.25, 0.3) is 0 Å². The summed E-state index contributed by atoms with van der Waals surface area (Å²) < 4.78 is 7.13. The highest BCUT2D eigenvalue weighted by Gasteiger charge is 2.23. The van der Waals surface area contributed by atoms with E-state index in [1.165, 1.54) is 0 Å². The van der Waals surface area contributed by atoms with Crippen LogP contribution in [0.25, 0.3) is 0 Å². The number of aromatic carboxylic acids is 1. The molecule has 112 valence electrons. The SMILES string of the molecule is Cc1cc(CN2CCC(n3cccc3C(=O)O)CC2)on1. The third-order valence-electron chi connectivity index (χ3n) is 4.00. The summed E-state index contributed by atoms with van der Waals surface area (Å²) in [6.45, 7) is 4.55. The van der Waals surface area contributed by atoms with Crippen molar-refractivity contribution in [1.29, 1.82) is 0 Å². The molecule has 0 aliphatic carbocycles. The van der Waals surface area contributed by atoms with Crippen LogP contribution in [0.5, 0.6) is 0 Å². The van der Waals surface area contributed by atoms with Crippen molar-refractivity contribution in [3.63, 3.8) is 0 Å².